The summed E-state index contributed by atoms with van der Waals surface area (Å²) in [5, 5.41) is 0. The van der Waals surface area contributed by atoms with Crippen LogP contribution in [0.25, 0.3) is 0 Å². The Balaban J connectivity index is 2.18. The highest BCUT2D eigenvalue weighted by molar-refractivity contribution is 5.23. The maximum atomic E-state index is 5.36. The molecule has 1 heterocycles. The summed E-state index contributed by atoms with van der Waals surface area (Å²) >= 11 is 0. The Morgan fingerprint density at radius 3 is 2.36 bits per heavy atom. The highest BCUT2D eigenvalue weighted by atomic mass is 16.5. The average molecular weight is 148 g/mol. The maximum absolute atomic E-state index is 5.36. The largest absolute Gasteiger partial charge is 0.373 e. The van der Waals surface area contributed by atoms with Crippen molar-refractivity contribution in [3.8, 4) is 0 Å². The molecule has 1 unspecified atom stereocenters. The van der Waals surface area contributed by atoms with Gasteiger partial charge in [-0.15, -0.1) is 0 Å². The van der Waals surface area contributed by atoms with Gasteiger partial charge in [0.2, 0.25) is 0 Å². The predicted octanol–water partition coefficient (Wildman–Crippen LogP) is 2.46. The Labute approximate surface area is 67.0 Å². The van der Waals surface area contributed by atoms with Crippen LogP contribution in [0.3, 0.4) is 0 Å². The molecule has 1 aliphatic heterocycles. The molecule has 0 spiro atoms. The molecule has 1 nitrogen and oxygen atoms in total. The molecule has 1 heteroatoms. The van der Waals surface area contributed by atoms with E-state index in [1.165, 1.54) is 17.5 Å². The van der Waals surface area contributed by atoms with Gasteiger partial charge in [-0.05, 0) is 12.5 Å². The van der Waals surface area contributed by atoms with E-state index in [0.29, 0.717) is 6.10 Å². The van der Waals surface area contributed by atoms with Crippen LogP contribution in [0.5, 0.6) is 0 Å². The van der Waals surface area contributed by atoms with Gasteiger partial charge in [0.25, 0.3) is 0 Å². The third-order valence-electron chi connectivity index (χ3n) is 2.15. The monoisotopic (exact) mass is 148 g/mol. The van der Waals surface area contributed by atoms with Crippen LogP contribution < -0.4 is 0 Å². The van der Waals surface area contributed by atoms with Crippen LogP contribution >= 0.6 is 0 Å². The molecule has 0 saturated carbocycles. The maximum Gasteiger partial charge on any atom is 0.0846 e. The molecule has 0 amide bonds. The van der Waals surface area contributed by atoms with Crippen molar-refractivity contribution in [3.05, 3.63) is 35.4 Å². The summed E-state index contributed by atoms with van der Waals surface area (Å²) in [6.45, 7) is 3.03. The molecule has 58 valence electrons. The Hall–Kier alpha value is -0.820. The van der Waals surface area contributed by atoms with Crippen LogP contribution in [0, 0.1) is 6.92 Å². The van der Waals surface area contributed by atoms with Gasteiger partial charge in [-0.2, -0.15) is 0 Å². The first-order valence-electron chi connectivity index (χ1n) is 4.04. The molecule has 1 aliphatic rings. The van der Waals surface area contributed by atoms with Crippen molar-refractivity contribution >= 4 is 0 Å². The average Bonchev–Trinajstić information content (AvgIpc) is 1.90. The van der Waals surface area contributed by atoms with Crippen LogP contribution in [-0.4, -0.2) is 6.61 Å². The van der Waals surface area contributed by atoms with Crippen LogP contribution in [-0.2, 0) is 4.74 Å². The number of benzene rings is 1. The fourth-order valence-corrected chi connectivity index (χ4v) is 1.28. The van der Waals surface area contributed by atoms with Gasteiger partial charge in [-0.1, -0.05) is 29.8 Å². The topological polar surface area (TPSA) is 9.23 Å². The minimum atomic E-state index is 0.385. The van der Waals surface area contributed by atoms with E-state index in [9.17, 15) is 0 Å². The lowest BCUT2D eigenvalue weighted by atomic mass is 10.0. The minimum Gasteiger partial charge on any atom is -0.373 e. The summed E-state index contributed by atoms with van der Waals surface area (Å²) in [7, 11) is 0. The van der Waals surface area contributed by atoms with Crippen molar-refractivity contribution < 1.29 is 4.74 Å². The van der Waals surface area contributed by atoms with Crippen molar-refractivity contribution in [3.63, 3.8) is 0 Å². The van der Waals surface area contributed by atoms with Crippen molar-refractivity contribution in [1.82, 2.24) is 0 Å². The summed E-state index contributed by atoms with van der Waals surface area (Å²) in [6.07, 6.45) is 1.57. The van der Waals surface area contributed by atoms with Gasteiger partial charge in [0, 0.05) is 6.42 Å². The molecular weight excluding hydrogens is 136 g/mol. The molecule has 1 fully saturated rings. The SMILES string of the molecule is Cc1ccc(C2CCO2)cc1. The molecule has 2 rings (SSSR count). The van der Waals surface area contributed by atoms with Gasteiger partial charge in [0.15, 0.2) is 0 Å². The molecule has 0 radical (unpaired) electrons. The molecule has 0 bridgehead atoms. The highest BCUT2D eigenvalue weighted by Crippen LogP contribution is 2.28. The van der Waals surface area contributed by atoms with E-state index in [2.05, 4.69) is 31.2 Å². The van der Waals surface area contributed by atoms with Crippen LogP contribution in [0.15, 0.2) is 24.3 Å². The van der Waals surface area contributed by atoms with Gasteiger partial charge < -0.3 is 4.74 Å². The molecule has 0 N–H and O–H groups in total. The van der Waals surface area contributed by atoms with E-state index in [1.807, 2.05) is 0 Å². The lowest BCUT2D eigenvalue weighted by Crippen LogP contribution is -2.17. The normalized spacial score (nSPS) is 22.8. The Kier molecular flexibility index (Phi) is 1.66. The van der Waals surface area contributed by atoms with E-state index in [0.717, 1.165) is 6.61 Å². The summed E-state index contributed by atoms with van der Waals surface area (Å²) in [6, 6.07) is 8.58. The third kappa shape index (κ3) is 1.29. The summed E-state index contributed by atoms with van der Waals surface area (Å²) in [5.41, 5.74) is 2.63. The highest BCUT2D eigenvalue weighted by Gasteiger charge is 2.19. The second-order valence-corrected chi connectivity index (χ2v) is 3.06. The molecule has 1 aromatic rings. The zero-order chi connectivity index (χ0) is 7.68. The van der Waals surface area contributed by atoms with Crippen LogP contribution in [0.4, 0.5) is 0 Å². The summed E-state index contributed by atoms with van der Waals surface area (Å²) < 4.78 is 5.36. The first kappa shape index (κ1) is 6.86. The molecule has 11 heavy (non-hydrogen) atoms. The van der Waals surface area contributed by atoms with Crippen molar-refractivity contribution in [2.24, 2.45) is 0 Å². The van der Waals surface area contributed by atoms with Crippen LogP contribution in [0.1, 0.15) is 23.7 Å². The standard InChI is InChI=1S/C10H12O/c1-8-2-4-9(5-3-8)10-6-7-11-10/h2-5,10H,6-7H2,1H3. The molecule has 1 aromatic carbocycles. The quantitative estimate of drug-likeness (QED) is 0.594. The molecule has 0 aromatic heterocycles. The second kappa shape index (κ2) is 2.67. The lowest BCUT2D eigenvalue weighted by molar-refractivity contribution is -0.0527. The first-order chi connectivity index (χ1) is 5.36. The van der Waals surface area contributed by atoms with Gasteiger partial charge >= 0.3 is 0 Å². The third-order valence-corrected chi connectivity index (χ3v) is 2.15. The van der Waals surface area contributed by atoms with E-state index >= 15 is 0 Å². The molecule has 0 aliphatic carbocycles. The number of rotatable bonds is 1. The van der Waals surface area contributed by atoms with Crippen molar-refractivity contribution in [1.29, 1.82) is 0 Å². The van der Waals surface area contributed by atoms with Gasteiger partial charge in [-0.3, -0.25) is 0 Å². The number of ether oxygens (including phenoxy) is 1. The lowest BCUT2D eigenvalue weighted by Gasteiger charge is -2.26. The first-order valence-corrected chi connectivity index (χ1v) is 4.04. The van der Waals surface area contributed by atoms with E-state index in [1.54, 1.807) is 0 Å². The Morgan fingerprint density at radius 2 is 1.91 bits per heavy atom. The van der Waals surface area contributed by atoms with Crippen molar-refractivity contribution in [2.45, 2.75) is 19.4 Å². The van der Waals surface area contributed by atoms with Crippen molar-refractivity contribution in [2.75, 3.05) is 6.61 Å². The fourth-order valence-electron chi connectivity index (χ4n) is 1.28. The number of hydrogen-bond donors (Lipinski definition) is 0. The summed E-state index contributed by atoms with van der Waals surface area (Å²) in [4.78, 5) is 0. The second-order valence-electron chi connectivity index (χ2n) is 3.06. The van der Waals surface area contributed by atoms with Gasteiger partial charge in [0.1, 0.15) is 0 Å². The number of hydrogen-bond acceptors (Lipinski definition) is 1. The molecular formula is C10H12O. The van der Waals surface area contributed by atoms with Gasteiger partial charge in [-0.25, -0.2) is 0 Å². The van der Waals surface area contributed by atoms with E-state index in [4.69, 9.17) is 4.74 Å². The minimum absolute atomic E-state index is 0.385. The number of aryl methyl sites for hydroxylation is 1. The van der Waals surface area contributed by atoms with E-state index < -0.39 is 0 Å². The van der Waals surface area contributed by atoms with Crippen LogP contribution in [0.2, 0.25) is 0 Å². The fraction of sp³-hybridized carbons (Fsp3) is 0.400. The zero-order valence-corrected chi connectivity index (χ0v) is 6.71. The van der Waals surface area contributed by atoms with Gasteiger partial charge in [0.05, 0.1) is 12.7 Å². The Bertz CT molecular complexity index is 234. The van der Waals surface area contributed by atoms with E-state index in [-0.39, 0.29) is 0 Å². The zero-order valence-electron chi connectivity index (χ0n) is 6.71. The summed E-state index contributed by atoms with van der Waals surface area (Å²) in [5.74, 6) is 0. The molecule has 1 saturated heterocycles. The molecule has 1 atom stereocenters. The smallest absolute Gasteiger partial charge is 0.0846 e. The Morgan fingerprint density at radius 1 is 1.27 bits per heavy atom. The predicted molar refractivity (Wildman–Crippen MR) is 44.5 cm³/mol.